The van der Waals surface area contributed by atoms with Gasteiger partial charge in [-0.25, -0.2) is 0 Å². The lowest BCUT2D eigenvalue weighted by molar-refractivity contribution is 0.0938. The number of aromatic nitrogens is 1. The van der Waals surface area contributed by atoms with Crippen molar-refractivity contribution < 1.29 is 4.79 Å². The average Bonchev–Trinajstić information content (AvgIpc) is 2.33. The van der Waals surface area contributed by atoms with Crippen LogP contribution in [0.1, 0.15) is 30.6 Å². The molecule has 0 aromatic carbocycles. The summed E-state index contributed by atoms with van der Waals surface area (Å²) in [6.07, 6.45) is 4.30. The molecule has 0 spiro atoms. The van der Waals surface area contributed by atoms with Gasteiger partial charge in [-0.05, 0) is 48.4 Å². The van der Waals surface area contributed by atoms with Crippen molar-refractivity contribution in [3.63, 3.8) is 0 Å². The Kier molecular flexibility index (Phi) is 6.45. The molecule has 1 aromatic heterocycles. The fourth-order valence-corrected chi connectivity index (χ4v) is 2.23. The SMILES string of the molecule is CC(C)CC(CNC(=O)c1cncc(Br)c1)N(C)C. The van der Waals surface area contributed by atoms with E-state index in [1.165, 1.54) is 0 Å². The Morgan fingerprint density at radius 1 is 1.42 bits per heavy atom. The fraction of sp³-hybridized carbons (Fsp3) is 0.571. The second-order valence-corrected chi connectivity index (χ2v) is 6.26. The van der Waals surface area contributed by atoms with E-state index in [9.17, 15) is 4.79 Å². The molecule has 5 heteroatoms. The van der Waals surface area contributed by atoms with E-state index >= 15 is 0 Å². The quantitative estimate of drug-likeness (QED) is 0.873. The van der Waals surface area contributed by atoms with Crippen molar-refractivity contribution in [2.45, 2.75) is 26.3 Å². The topological polar surface area (TPSA) is 45.2 Å². The number of carbonyl (C=O) groups excluding carboxylic acids is 1. The van der Waals surface area contributed by atoms with Crippen LogP contribution in [0.15, 0.2) is 22.9 Å². The Labute approximate surface area is 123 Å². The maximum atomic E-state index is 12.0. The maximum absolute atomic E-state index is 12.0. The first-order chi connectivity index (χ1) is 8.90. The zero-order valence-electron chi connectivity index (χ0n) is 12.0. The molecule has 0 aliphatic carbocycles. The van der Waals surface area contributed by atoms with Gasteiger partial charge in [0.25, 0.3) is 5.91 Å². The smallest absolute Gasteiger partial charge is 0.252 e. The minimum atomic E-state index is -0.0793. The number of amides is 1. The van der Waals surface area contributed by atoms with Crippen molar-refractivity contribution in [1.29, 1.82) is 0 Å². The molecule has 19 heavy (non-hydrogen) atoms. The van der Waals surface area contributed by atoms with Gasteiger partial charge in [0, 0.05) is 29.5 Å². The summed E-state index contributed by atoms with van der Waals surface area (Å²) in [6, 6.07) is 2.12. The summed E-state index contributed by atoms with van der Waals surface area (Å²) < 4.78 is 0.812. The van der Waals surface area contributed by atoms with Gasteiger partial charge in [-0.1, -0.05) is 13.8 Å². The number of pyridine rings is 1. The normalized spacial score (nSPS) is 12.8. The number of rotatable bonds is 6. The number of hydrogen-bond acceptors (Lipinski definition) is 3. The van der Waals surface area contributed by atoms with Crippen molar-refractivity contribution in [3.8, 4) is 0 Å². The summed E-state index contributed by atoms with van der Waals surface area (Å²) in [5, 5.41) is 2.97. The van der Waals surface area contributed by atoms with Crippen LogP contribution in [0.4, 0.5) is 0 Å². The van der Waals surface area contributed by atoms with E-state index < -0.39 is 0 Å². The van der Waals surface area contributed by atoms with Gasteiger partial charge in [-0.3, -0.25) is 9.78 Å². The number of likely N-dealkylation sites (N-methyl/N-ethyl adjacent to an activating group) is 1. The van der Waals surface area contributed by atoms with Gasteiger partial charge in [-0.2, -0.15) is 0 Å². The molecule has 1 unspecified atom stereocenters. The summed E-state index contributed by atoms with van der Waals surface area (Å²) in [5.74, 6) is 0.529. The summed E-state index contributed by atoms with van der Waals surface area (Å²) in [5.41, 5.74) is 0.580. The number of nitrogens with zero attached hydrogens (tertiary/aromatic N) is 2. The van der Waals surface area contributed by atoms with E-state index in [-0.39, 0.29) is 5.91 Å². The maximum Gasteiger partial charge on any atom is 0.252 e. The predicted molar refractivity (Wildman–Crippen MR) is 81.2 cm³/mol. The number of nitrogens with one attached hydrogen (secondary N) is 1. The van der Waals surface area contributed by atoms with E-state index in [2.05, 4.69) is 45.0 Å². The van der Waals surface area contributed by atoms with Crippen molar-refractivity contribution in [3.05, 3.63) is 28.5 Å². The van der Waals surface area contributed by atoms with Crippen LogP contribution < -0.4 is 5.32 Å². The van der Waals surface area contributed by atoms with Crippen LogP contribution >= 0.6 is 15.9 Å². The van der Waals surface area contributed by atoms with Crippen LogP contribution in [-0.2, 0) is 0 Å². The first-order valence-electron chi connectivity index (χ1n) is 6.45. The van der Waals surface area contributed by atoms with Crippen molar-refractivity contribution in [2.24, 2.45) is 5.92 Å². The Hall–Kier alpha value is -0.940. The van der Waals surface area contributed by atoms with Crippen LogP contribution in [0.3, 0.4) is 0 Å². The molecule has 0 aliphatic heterocycles. The average molecular weight is 328 g/mol. The Bertz CT molecular complexity index is 421. The molecule has 1 rings (SSSR count). The van der Waals surface area contributed by atoms with Gasteiger partial charge in [0.2, 0.25) is 0 Å². The molecule has 0 bridgehead atoms. The lowest BCUT2D eigenvalue weighted by atomic mass is 10.0. The first kappa shape index (κ1) is 16.1. The zero-order valence-corrected chi connectivity index (χ0v) is 13.6. The molecule has 1 atom stereocenters. The molecular weight excluding hydrogens is 306 g/mol. The Morgan fingerprint density at radius 2 is 2.11 bits per heavy atom. The Morgan fingerprint density at radius 3 is 2.63 bits per heavy atom. The lowest BCUT2D eigenvalue weighted by Crippen LogP contribution is -2.41. The highest BCUT2D eigenvalue weighted by molar-refractivity contribution is 9.10. The third-order valence-electron chi connectivity index (χ3n) is 2.94. The van der Waals surface area contributed by atoms with Crippen LogP contribution in [0.25, 0.3) is 0 Å². The van der Waals surface area contributed by atoms with E-state index in [4.69, 9.17) is 0 Å². The van der Waals surface area contributed by atoms with Crippen LogP contribution in [-0.4, -0.2) is 42.5 Å². The van der Waals surface area contributed by atoms with Crippen molar-refractivity contribution >= 4 is 21.8 Å². The second-order valence-electron chi connectivity index (χ2n) is 5.35. The highest BCUT2D eigenvalue weighted by Gasteiger charge is 2.15. The first-order valence-corrected chi connectivity index (χ1v) is 7.24. The van der Waals surface area contributed by atoms with E-state index in [1.807, 2.05) is 14.1 Å². The standard InChI is InChI=1S/C14H22BrN3O/c1-10(2)5-13(18(3)4)9-17-14(19)11-6-12(15)8-16-7-11/h6-8,10,13H,5,9H2,1-4H3,(H,17,19). The third kappa shape index (κ3) is 5.70. The second kappa shape index (κ2) is 7.60. The minimum Gasteiger partial charge on any atom is -0.350 e. The third-order valence-corrected chi connectivity index (χ3v) is 3.37. The minimum absolute atomic E-state index is 0.0793. The molecule has 1 amide bonds. The molecule has 0 fully saturated rings. The molecular formula is C14H22BrN3O. The number of carbonyl (C=O) groups is 1. The fourth-order valence-electron chi connectivity index (χ4n) is 1.87. The van der Waals surface area contributed by atoms with E-state index in [0.717, 1.165) is 10.9 Å². The summed E-state index contributed by atoms with van der Waals surface area (Å²) >= 11 is 3.32. The van der Waals surface area contributed by atoms with E-state index in [1.54, 1.807) is 18.5 Å². The van der Waals surface area contributed by atoms with Crippen LogP contribution in [0, 0.1) is 5.92 Å². The van der Waals surface area contributed by atoms with Gasteiger partial charge in [-0.15, -0.1) is 0 Å². The monoisotopic (exact) mass is 327 g/mol. The molecule has 1 aromatic rings. The molecule has 106 valence electrons. The molecule has 1 N–H and O–H groups in total. The van der Waals surface area contributed by atoms with E-state index in [0.29, 0.717) is 24.1 Å². The van der Waals surface area contributed by atoms with Gasteiger partial charge in [0.15, 0.2) is 0 Å². The summed E-state index contributed by atoms with van der Waals surface area (Å²) in [6.45, 7) is 5.03. The zero-order chi connectivity index (χ0) is 14.4. The Balaban J connectivity index is 2.57. The van der Waals surface area contributed by atoms with Crippen LogP contribution in [0.2, 0.25) is 0 Å². The highest BCUT2D eigenvalue weighted by Crippen LogP contribution is 2.11. The largest absolute Gasteiger partial charge is 0.350 e. The summed E-state index contributed by atoms with van der Waals surface area (Å²) in [7, 11) is 4.08. The molecule has 1 heterocycles. The van der Waals surface area contributed by atoms with Crippen molar-refractivity contribution in [2.75, 3.05) is 20.6 Å². The van der Waals surface area contributed by atoms with Crippen molar-refractivity contribution in [1.82, 2.24) is 15.2 Å². The van der Waals surface area contributed by atoms with Gasteiger partial charge in [0.1, 0.15) is 0 Å². The highest BCUT2D eigenvalue weighted by atomic mass is 79.9. The number of halogens is 1. The van der Waals surface area contributed by atoms with Gasteiger partial charge in [0.05, 0.1) is 5.56 Å². The van der Waals surface area contributed by atoms with Gasteiger partial charge >= 0.3 is 0 Å². The molecule has 4 nitrogen and oxygen atoms in total. The predicted octanol–water partition coefficient (Wildman–Crippen LogP) is 2.55. The molecule has 0 aliphatic rings. The van der Waals surface area contributed by atoms with Gasteiger partial charge < -0.3 is 10.2 Å². The number of hydrogen-bond donors (Lipinski definition) is 1. The summed E-state index contributed by atoms with van der Waals surface area (Å²) in [4.78, 5) is 18.2. The molecule has 0 saturated heterocycles. The lowest BCUT2D eigenvalue weighted by Gasteiger charge is -2.26. The molecule has 0 radical (unpaired) electrons. The van der Waals surface area contributed by atoms with Crippen LogP contribution in [0.5, 0.6) is 0 Å². The molecule has 0 saturated carbocycles.